The molecule has 1 aliphatic heterocycles. The molecular formula is C11H9BrN2O2S. The molecule has 1 amide bonds. The van der Waals surface area contributed by atoms with E-state index >= 15 is 0 Å². The standard InChI is InChI=1S/C11H9BrN2O2S/c12-9-4-7(3-8(5-13)10(9)15)11(16)14-1-2-17-6-14/h3-4,15H,1-2,6H2. The molecule has 1 aliphatic rings. The van der Waals surface area contributed by atoms with Crippen molar-refractivity contribution in [3.8, 4) is 11.8 Å². The van der Waals surface area contributed by atoms with E-state index in [2.05, 4.69) is 15.9 Å². The first-order valence-electron chi connectivity index (χ1n) is 4.93. The second-order valence-corrected chi connectivity index (χ2v) is 5.50. The third-order valence-electron chi connectivity index (χ3n) is 2.47. The first-order chi connectivity index (χ1) is 8.13. The van der Waals surface area contributed by atoms with Crippen LogP contribution in [0.15, 0.2) is 16.6 Å². The van der Waals surface area contributed by atoms with Gasteiger partial charge in [-0.05, 0) is 28.1 Å². The van der Waals surface area contributed by atoms with Gasteiger partial charge < -0.3 is 10.0 Å². The SMILES string of the molecule is N#Cc1cc(C(=O)N2CCSC2)cc(Br)c1O. The zero-order chi connectivity index (χ0) is 12.4. The second-order valence-electron chi connectivity index (χ2n) is 3.57. The lowest BCUT2D eigenvalue weighted by atomic mass is 10.1. The molecule has 1 aromatic carbocycles. The van der Waals surface area contributed by atoms with E-state index in [0.717, 1.165) is 12.3 Å². The van der Waals surface area contributed by atoms with E-state index in [1.54, 1.807) is 22.7 Å². The van der Waals surface area contributed by atoms with Crippen LogP contribution in [0.4, 0.5) is 0 Å². The first-order valence-corrected chi connectivity index (χ1v) is 6.88. The summed E-state index contributed by atoms with van der Waals surface area (Å²) in [5.41, 5.74) is 0.531. The Morgan fingerprint density at radius 2 is 2.35 bits per heavy atom. The molecule has 0 aromatic heterocycles. The van der Waals surface area contributed by atoms with Gasteiger partial charge in [0.15, 0.2) is 0 Å². The fourth-order valence-electron chi connectivity index (χ4n) is 1.56. The van der Waals surface area contributed by atoms with Crippen LogP contribution in [0.2, 0.25) is 0 Å². The van der Waals surface area contributed by atoms with Crippen LogP contribution in [-0.2, 0) is 0 Å². The molecule has 88 valence electrons. The second kappa shape index (κ2) is 4.98. The number of phenols is 1. The minimum absolute atomic E-state index is 0.104. The summed E-state index contributed by atoms with van der Waals surface area (Å²) in [6, 6.07) is 4.83. The maximum Gasteiger partial charge on any atom is 0.254 e. The molecular weight excluding hydrogens is 304 g/mol. The lowest BCUT2D eigenvalue weighted by Crippen LogP contribution is -2.27. The molecule has 1 aromatic rings. The highest BCUT2D eigenvalue weighted by Gasteiger charge is 2.21. The highest BCUT2D eigenvalue weighted by Crippen LogP contribution is 2.30. The number of amides is 1. The maximum absolute atomic E-state index is 12.1. The molecule has 1 fully saturated rings. The van der Waals surface area contributed by atoms with Gasteiger partial charge in [0, 0.05) is 17.9 Å². The summed E-state index contributed by atoms with van der Waals surface area (Å²) >= 11 is 4.84. The van der Waals surface area contributed by atoms with Crippen LogP contribution in [0.25, 0.3) is 0 Å². The van der Waals surface area contributed by atoms with Crippen molar-refractivity contribution in [1.82, 2.24) is 4.90 Å². The van der Waals surface area contributed by atoms with Crippen molar-refractivity contribution < 1.29 is 9.90 Å². The van der Waals surface area contributed by atoms with E-state index in [9.17, 15) is 9.90 Å². The van der Waals surface area contributed by atoms with Crippen LogP contribution >= 0.6 is 27.7 Å². The smallest absolute Gasteiger partial charge is 0.254 e. The number of benzene rings is 1. The molecule has 0 atom stereocenters. The van der Waals surface area contributed by atoms with Gasteiger partial charge in [0.2, 0.25) is 0 Å². The Morgan fingerprint density at radius 3 is 2.94 bits per heavy atom. The summed E-state index contributed by atoms with van der Waals surface area (Å²) in [5.74, 6) is 1.39. The number of nitriles is 1. The Kier molecular flexibility index (Phi) is 3.60. The summed E-state index contributed by atoms with van der Waals surface area (Å²) in [4.78, 5) is 13.8. The summed E-state index contributed by atoms with van der Waals surface area (Å²) in [6.45, 7) is 0.726. The minimum Gasteiger partial charge on any atom is -0.505 e. The molecule has 0 unspecified atom stereocenters. The number of carbonyl (C=O) groups is 1. The molecule has 1 heterocycles. The molecule has 0 spiro atoms. The first kappa shape index (κ1) is 12.3. The van der Waals surface area contributed by atoms with Crippen molar-refractivity contribution in [2.45, 2.75) is 0 Å². The largest absolute Gasteiger partial charge is 0.505 e. The number of aromatic hydroxyl groups is 1. The van der Waals surface area contributed by atoms with E-state index in [1.807, 2.05) is 6.07 Å². The quantitative estimate of drug-likeness (QED) is 0.863. The van der Waals surface area contributed by atoms with E-state index in [-0.39, 0.29) is 17.2 Å². The fraction of sp³-hybridized carbons (Fsp3) is 0.273. The van der Waals surface area contributed by atoms with Gasteiger partial charge >= 0.3 is 0 Å². The van der Waals surface area contributed by atoms with Crippen LogP contribution in [0.1, 0.15) is 15.9 Å². The summed E-state index contributed by atoms with van der Waals surface area (Å²) in [5, 5.41) is 18.4. The van der Waals surface area contributed by atoms with Gasteiger partial charge in [-0.25, -0.2) is 0 Å². The van der Waals surface area contributed by atoms with Gasteiger partial charge in [0.1, 0.15) is 11.8 Å². The van der Waals surface area contributed by atoms with Crippen molar-refractivity contribution in [3.05, 3.63) is 27.7 Å². The number of thioether (sulfide) groups is 1. The highest BCUT2D eigenvalue weighted by molar-refractivity contribution is 9.10. The Balaban J connectivity index is 2.36. The minimum atomic E-state index is -0.125. The lowest BCUT2D eigenvalue weighted by Gasteiger charge is -2.15. The zero-order valence-corrected chi connectivity index (χ0v) is 11.2. The average Bonchev–Trinajstić information content (AvgIpc) is 2.85. The van der Waals surface area contributed by atoms with Gasteiger partial charge in [0.25, 0.3) is 5.91 Å². The van der Waals surface area contributed by atoms with Crippen LogP contribution < -0.4 is 0 Å². The predicted molar refractivity (Wildman–Crippen MR) is 68.9 cm³/mol. The van der Waals surface area contributed by atoms with E-state index in [1.165, 1.54) is 6.07 Å². The van der Waals surface area contributed by atoms with Crippen molar-refractivity contribution in [1.29, 1.82) is 5.26 Å². The van der Waals surface area contributed by atoms with Crippen LogP contribution in [0.5, 0.6) is 5.75 Å². The maximum atomic E-state index is 12.1. The molecule has 1 saturated heterocycles. The number of halogens is 1. The Bertz CT molecular complexity index is 507. The summed E-state index contributed by atoms with van der Waals surface area (Å²) < 4.78 is 0.367. The van der Waals surface area contributed by atoms with E-state index < -0.39 is 0 Å². The molecule has 0 radical (unpaired) electrons. The van der Waals surface area contributed by atoms with Crippen LogP contribution in [-0.4, -0.2) is 34.1 Å². The molecule has 0 bridgehead atoms. The average molecular weight is 313 g/mol. The predicted octanol–water partition coefficient (Wildman–Crippen LogP) is 2.17. The van der Waals surface area contributed by atoms with Gasteiger partial charge in [0.05, 0.1) is 15.9 Å². The molecule has 1 N–H and O–H groups in total. The van der Waals surface area contributed by atoms with E-state index in [4.69, 9.17) is 5.26 Å². The van der Waals surface area contributed by atoms with Gasteiger partial charge in [-0.2, -0.15) is 5.26 Å². The normalized spacial score (nSPS) is 14.7. The number of carbonyl (C=O) groups excluding carboxylic acids is 1. The molecule has 6 heteroatoms. The zero-order valence-electron chi connectivity index (χ0n) is 8.81. The number of hydrogen-bond acceptors (Lipinski definition) is 4. The van der Waals surface area contributed by atoms with Crippen molar-refractivity contribution in [3.63, 3.8) is 0 Å². The number of hydrogen-bond donors (Lipinski definition) is 1. The lowest BCUT2D eigenvalue weighted by molar-refractivity contribution is 0.0802. The van der Waals surface area contributed by atoms with Gasteiger partial charge in [-0.15, -0.1) is 11.8 Å². The van der Waals surface area contributed by atoms with Crippen molar-refractivity contribution in [2.75, 3.05) is 18.2 Å². The van der Waals surface area contributed by atoms with Crippen molar-refractivity contribution in [2.24, 2.45) is 0 Å². The fourth-order valence-corrected chi connectivity index (χ4v) is 2.97. The number of rotatable bonds is 1. The summed E-state index contributed by atoms with van der Waals surface area (Å²) in [7, 11) is 0. The Hall–Kier alpha value is -1.19. The monoisotopic (exact) mass is 312 g/mol. The van der Waals surface area contributed by atoms with Gasteiger partial charge in [-0.1, -0.05) is 0 Å². The molecule has 0 saturated carbocycles. The van der Waals surface area contributed by atoms with Crippen LogP contribution in [0, 0.1) is 11.3 Å². The Morgan fingerprint density at radius 1 is 1.59 bits per heavy atom. The number of phenolic OH excluding ortho intramolecular Hbond substituents is 1. The molecule has 4 nitrogen and oxygen atoms in total. The molecule has 17 heavy (non-hydrogen) atoms. The van der Waals surface area contributed by atoms with E-state index in [0.29, 0.717) is 15.9 Å². The van der Waals surface area contributed by atoms with Gasteiger partial charge in [-0.3, -0.25) is 4.79 Å². The van der Waals surface area contributed by atoms with Crippen molar-refractivity contribution >= 4 is 33.6 Å². The van der Waals surface area contributed by atoms with Crippen LogP contribution in [0.3, 0.4) is 0 Å². The Labute approximate surface area is 111 Å². The topological polar surface area (TPSA) is 64.3 Å². The molecule has 0 aliphatic carbocycles. The third kappa shape index (κ3) is 2.40. The third-order valence-corrected chi connectivity index (χ3v) is 4.04. The highest BCUT2D eigenvalue weighted by atomic mass is 79.9. The summed E-state index contributed by atoms with van der Waals surface area (Å²) in [6.07, 6.45) is 0. The molecule has 2 rings (SSSR count). The number of nitrogens with zero attached hydrogens (tertiary/aromatic N) is 2.